The number of fused-ring (bicyclic) bond motifs is 2. The zero-order valence-electron chi connectivity index (χ0n) is 17.5. The van der Waals surface area contributed by atoms with E-state index in [4.69, 9.17) is 9.47 Å². The maximum absolute atomic E-state index is 13.1. The summed E-state index contributed by atoms with van der Waals surface area (Å²) in [5.74, 6) is -1.56. The second-order valence-electron chi connectivity index (χ2n) is 7.98. The van der Waals surface area contributed by atoms with Crippen molar-refractivity contribution >= 4 is 39.6 Å². The van der Waals surface area contributed by atoms with E-state index in [1.165, 1.54) is 14.2 Å². The number of isocyanates is 1. The van der Waals surface area contributed by atoms with Crippen LogP contribution in [0, 0.1) is 11.8 Å². The van der Waals surface area contributed by atoms with Crippen LogP contribution in [0.4, 0.5) is 0 Å². The zero-order valence-corrected chi connectivity index (χ0v) is 17.5. The average Bonchev–Trinajstić information content (AvgIpc) is 2.77. The first kappa shape index (κ1) is 20.8. The lowest BCUT2D eigenvalue weighted by Gasteiger charge is -2.43. The minimum atomic E-state index is -1.45. The summed E-state index contributed by atoms with van der Waals surface area (Å²) in [6.45, 7) is 0. The fourth-order valence-electron chi connectivity index (χ4n) is 4.75. The molecule has 1 saturated carbocycles. The van der Waals surface area contributed by atoms with Crippen molar-refractivity contribution in [3.63, 3.8) is 0 Å². The number of benzene rings is 3. The van der Waals surface area contributed by atoms with Crippen molar-refractivity contribution in [1.82, 2.24) is 0 Å². The third-order valence-electron chi connectivity index (χ3n) is 6.46. The molecular formula is C25H23NO5. The van der Waals surface area contributed by atoms with Crippen LogP contribution in [0.1, 0.15) is 18.4 Å². The second kappa shape index (κ2) is 8.32. The summed E-state index contributed by atoms with van der Waals surface area (Å²) in [4.78, 5) is 40.5. The molecule has 0 N–H and O–H groups in total. The van der Waals surface area contributed by atoms with Gasteiger partial charge in [-0.15, -0.1) is 0 Å². The highest BCUT2D eigenvalue weighted by Crippen LogP contribution is 2.47. The van der Waals surface area contributed by atoms with Gasteiger partial charge in [-0.25, -0.2) is 9.59 Å². The van der Waals surface area contributed by atoms with Crippen LogP contribution in [-0.2, 0) is 30.3 Å². The van der Waals surface area contributed by atoms with E-state index in [1.807, 2.05) is 48.5 Å². The van der Waals surface area contributed by atoms with Crippen LogP contribution in [0.2, 0.25) is 0 Å². The lowest BCUT2D eigenvalue weighted by Crippen LogP contribution is -2.53. The number of hydrogen-bond acceptors (Lipinski definition) is 6. The van der Waals surface area contributed by atoms with Crippen molar-refractivity contribution < 1.29 is 23.9 Å². The SMILES string of the molecule is COC(=O)C1CC(C(Cc2c3ccccc3cc3ccccc23)(N=C=O)C(=O)OC)C1. The van der Waals surface area contributed by atoms with Gasteiger partial charge in [0, 0.05) is 6.42 Å². The summed E-state index contributed by atoms with van der Waals surface area (Å²) in [6, 6.07) is 18.0. The Kier molecular flexibility index (Phi) is 5.57. The summed E-state index contributed by atoms with van der Waals surface area (Å²) in [5, 5.41) is 4.04. The molecule has 158 valence electrons. The predicted molar refractivity (Wildman–Crippen MR) is 116 cm³/mol. The Morgan fingerprint density at radius 2 is 1.58 bits per heavy atom. The molecule has 6 heteroatoms. The summed E-state index contributed by atoms with van der Waals surface area (Å²) < 4.78 is 9.95. The Balaban J connectivity index is 1.88. The zero-order chi connectivity index (χ0) is 22.0. The minimum absolute atomic E-state index is 0.176. The smallest absolute Gasteiger partial charge is 0.335 e. The van der Waals surface area contributed by atoms with E-state index in [0.29, 0.717) is 12.8 Å². The number of ether oxygens (including phenoxy) is 2. The molecule has 4 rings (SSSR count). The minimum Gasteiger partial charge on any atom is -0.469 e. The van der Waals surface area contributed by atoms with E-state index in [0.717, 1.165) is 27.1 Å². The summed E-state index contributed by atoms with van der Waals surface area (Å²) in [6.07, 6.45) is 2.58. The molecular weight excluding hydrogens is 394 g/mol. The molecule has 0 radical (unpaired) electrons. The predicted octanol–water partition coefficient (Wildman–Crippen LogP) is 3.98. The van der Waals surface area contributed by atoms with Gasteiger partial charge in [0.25, 0.3) is 0 Å². The first-order chi connectivity index (χ1) is 15.0. The Morgan fingerprint density at radius 3 is 2.10 bits per heavy atom. The van der Waals surface area contributed by atoms with E-state index in [9.17, 15) is 14.4 Å². The van der Waals surface area contributed by atoms with Crippen molar-refractivity contribution in [3.8, 4) is 0 Å². The fourth-order valence-corrected chi connectivity index (χ4v) is 4.75. The van der Waals surface area contributed by atoms with Crippen molar-refractivity contribution in [2.24, 2.45) is 16.8 Å². The quantitative estimate of drug-likeness (QED) is 0.262. The highest BCUT2D eigenvalue weighted by Gasteiger charge is 2.54. The number of aliphatic imine (C=N–C) groups is 1. The summed E-state index contributed by atoms with van der Waals surface area (Å²) >= 11 is 0. The van der Waals surface area contributed by atoms with Crippen LogP contribution < -0.4 is 0 Å². The Morgan fingerprint density at radius 1 is 1.00 bits per heavy atom. The van der Waals surface area contributed by atoms with Crippen LogP contribution in [0.3, 0.4) is 0 Å². The van der Waals surface area contributed by atoms with Gasteiger partial charge in [0.1, 0.15) is 0 Å². The highest BCUT2D eigenvalue weighted by molar-refractivity contribution is 6.03. The number of carbonyl (C=O) groups excluding carboxylic acids is 3. The first-order valence-corrected chi connectivity index (χ1v) is 10.2. The van der Waals surface area contributed by atoms with Gasteiger partial charge in [-0.2, -0.15) is 4.99 Å². The van der Waals surface area contributed by atoms with Crippen molar-refractivity contribution in [1.29, 1.82) is 0 Å². The summed E-state index contributed by atoms with van der Waals surface area (Å²) in [5.41, 5.74) is -0.534. The number of hydrogen-bond donors (Lipinski definition) is 0. The Labute approximate surface area is 179 Å². The van der Waals surface area contributed by atoms with Gasteiger partial charge in [0.05, 0.1) is 20.1 Å². The maximum atomic E-state index is 13.1. The van der Waals surface area contributed by atoms with Crippen LogP contribution in [-0.4, -0.2) is 37.8 Å². The fraction of sp³-hybridized carbons (Fsp3) is 0.320. The highest BCUT2D eigenvalue weighted by atomic mass is 16.5. The molecule has 0 aliphatic heterocycles. The largest absolute Gasteiger partial charge is 0.469 e. The normalized spacial score (nSPS) is 19.7. The van der Waals surface area contributed by atoms with Crippen molar-refractivity contribution in [2.45, 2.75) is 24.8 Å². The topological polar surface area (TPSA) is 82.0 Å². The molecule has 1 aliphatic rings. The lowest BCUT2D eigenvalue weighted by atomic mass is 9.62. The van der Waals surface area contributed by atoms with Gasteiger partial charge < -0.3 is 9.47 Å². The molecule has 1 unspecified atom stereocenters. The number of nitrogens with zero attached hydrogens (tertiary/aromatic N) is 1. The van der Waals surface area contributed by atoms with Gasteiger partial charge in [0.2, 0.25) is 6.08 Å². The average molecular weight is 417 g/mol. The third kappa shape index (κ3) is 3.49. The maximum Gasteiger partial charge on any atom is 0.335 e. The Hall–Kier alpha value is -3.50. The van der Waals surface area contributed by atoms with Crippen LogP contribution >= 0.6 is 0 Å². The van der Waals surface area contributed by atoms with Crippen LogP contribution in [0.5, 0.6) is 0 Å². The van der Waals surface area contributed by atoms with Gasteiger partial charge in [0.15, 0.2) is 5.54 Å². The van der Waals surface area contributed by atoms with E-state index in [2.05, 4.69) is 11.1 Å². The van der Waals surface area contributed by atoms with E-state index in [-0.39, 0.29) is 24.2 Å². The molecule has 6 nitrogen and oxygen atoms in total. The number of carbonyl (C=O) groups is 2. The van der Waals surface area contributed by atoms with Crippen molar-refractivity contribution in [3.05, 3.63) is 60.2 Å². The molecule has 0 spiro atoms. The molecule has 3 aromatic carbocycles. The summed E-state index contributed by atoms with van der Waals surface area (Å²) in [7, 11) is 2.63. The van der Waals surface area contributed by atoms with Gasteiger partial charge in [-0.3, -0.25) is 4.79 Å². The van der Waals surface area contributed by atoms with Gasteiger partial charge in [-0.1, -0.05) is 48.5 Å². The van der Waals surface area contributed by atoms with E-state index in [1.54, 1.807) is 6.08 Å². The molecule has 1 atom stereocenters. The molecule has 0 bridgehead atoms. The molecule has 0 amide bonds. The first-order valence-electron chi connectivity index (χ1n) is 10.2. The Bertz CT molecular complexity index is 1150. The monoisotopic (exact) mass is 417 g/mol. The van der Waals surface area contributed by atoms with E-state index < -0.39 is 11.5 Å². The molecule has 1 fully saturated rings. The number of rotatable bonds is 6. The number of esters is 2. The molecule has 0 heterocycles. The van der Waals surface area contributed by atoms with Gasteiger partial charge >= 0.3 is 11.9 Å². The second-order valence-corrected chi connectivity index (χ2v) is 7.98. The molecule has 31 heavy (non-hydrogen) atoms. The third-order valence-corrected chi connectivity index (χ3v) is 6.46. The van der Waals surface area contributed by atoms with Crippen LogP contribution in [0.15, 0.2) is 59.6 Å². The molecule has 0 aromatic heterocycles. The van der Waals surface area contributed by atoms with Crippen LogP contribution in [0.25, 0.3) is 21.5 Å². The molecule has 0 saturated heterocycles. The molecule has 3 aromatic rings. The lowest BCUT2D eigenvalue weighted by molar-refractivity contribution is -0.159. The molecule has 1 aliphatic carbocycles. The van der Waals surface area contributed by atoms with Crippen molar-refractivity contribution in [2.75, 3.05) is 14.2 Å². The van der Waals surface area contributed by atoms with E-state index >= 15 is 0 Å². The van der Waals surface area contributed by atoms with Gasteiger partial charge in [-0.05, 0) is 51.9 Å². The standard InChI is InChI=1S/C25H23NO5/c1-30-23(28)18-12-19(13-18)25(26-15-27,24(29)31-2)14-22-20-9-5-3-7-16(20)11-17-8-4-6-10-21(17)22/h3-11,18-19H,12-14H2,1-2H3. The number of methoxy groups -OCH3 is 2.